The predicted octanol–water partition coefficient (Wildman–Crippen LogP) is 2.48. The lowest BCUT2D eigenvalue weighted by molar-refractivity contribution is -0.0247. The second-order valence-corrected chi connectivity index (χ2v) is 5.65. The molecule has 1 aliphatic heterocycles. The smallest absolute Gasteiger partial charge is 0.257 e. The number of benzene rings is 1. The molecule has 2 heterocycles. The zero-order valence-corrected chi connectivity index (χ0v) is 14.2. The van der Waals surface area contributed by atoms with Crippen molar-refractivity contribution in [2.45, 2.75) is 6.10 Å². The molecular formula is C18H20FN3O3. The summed E-state index contributed by atoms with van der Waals surface area (Å²) in [6, 6.07) is 9.53. The second-order valence-electron chi connectivity index (χ2n) is 5.65. The van der Waals surface area contributed by atoms with E-state index in [1.54, 1.807) is 11.9 Å². The molecule has 0 bridgehead atoms. The molecule has 25 heavy (non-hydrogen) atoms. The monoisotopic (exact) mass is 345 g/mol. The van der Waals surface area contributed by atoms with E-state index in [1.165, 1.54) is 25.3 Å². The minimum absolute atomic E-state index is 0.208. The summed E-state index contributed by atoms with van der Waals surface area (Å²) in [6.45, 7) is 1.17. The van der Waals surface area contributed by atoms with Crippen molar-refractivity contribution < 1.29 is 18.7 Å². The first kappa shape index (κ1) is 17.2. The van der Waals surface area contributed by atoms with E-state index >= 15 is 0 Å². The number of methoxy groups -OCH3 is 1. The first-order valence-electron chi connectivity index (χ1n) is 8.01. The van der Waals surface area contributed by atoms with Crippen LogP contribution < -0.4 is 10.1 Å². The van der Waals surface area contributed by atoms with Gasteiger partial charge in [-0.3, -0.25) is 4.79 Å². The van der Waals surface area contributed by atoms with E-state index in [1.807, 2.05) is 18.2 Å². The van der Waals surface area contributed by atoms with Gasteiger partial charge in [-0.1, -0.05) is 6.07 Å². The zero-order valence-electron chi connectivity index (χ0n) is 14.2. The lowest BCUT2D eigenvalue weighted by Crippen LogP contribution is -2.42. The summed E-state index contributed by atoms with van der Waals surface area (Å²) in [7, 11) is 3.25. The molecule has 6 nitrogen and oxygen atoms in total. The normalized spacial score (nSPS) is 17.2. The number of nitrogens with one attached hydrogen (secondary N) is 1. The lowest BCUT2D eigenvalue weighted by atomic mass is 10.1. The van der Waals surface area contributed by atoms with Crippen LogP contribution in [0.5, 0.6) is 5.75 Å². The lowest BCUT2D eigenvalue weighted by Gasteiger charge is -2.33. The highest BCUT2D eigenvalue weighted by Crippen LogP contribution is 2.26. The number of carbonyl (C=O) groups is 1. The van der Waals surface area contributed by atoms with Crippen LogP contribution in [0.1, 0.15) is 22.2 Å². The number of halogens is 1. The Labute approximate surface area is 145 Å². The van der Waals surface area contributed by atoms with E-state index < -0.39 is 5.82 Å². The van der Waals surface area contributed by atoms with Gasteiger partial charge in [-0.2, -0.15) is 0 Å². The largest absolute Gasteiger partial charge is 0.496 e. The maximum Gasteiger partial charge on any atom is 0.257 e. The molecule has 1 aliphatic rings. The summed E-state index contributed by atoms with van der Waals surface area (Å²) >= 11 is 0. The van der Waals surface area contributed by atoms with Crippen molar-refractivity contribution in [2.75, 3.05) is 39.2 Å². The van der Waals surface area contributed by atoms with Crippen LogP contribution >= 0.6 is 0 Å². The number of ether oxygens (including phenoxy) is 2. The predicted molar refractivity (Wildman–Crippen MR) is 91.3 cm³/mol. The number of hydrogen-bond donors (Lipinski definition) is 1. The van der Waals surface area contributed by atoms with Crippen LogP contribution in [0.4, 0.5) is 10.2 Å². The molecule has 1 aromatic heterocycles. The van der Waals surface area contributed by atoms with Crippen LogP contribution in [0.3, 0.4) is 0 Å². The van der Waals surface area contributed by atoms with Crippen molar-refractivity contribution in [2.24, 2.45) is 0 Å². The van der Waals surface area contributed by atoms with E-state index in [9.17, 15) is 9.18 Å². The highest BCUT2D eigenvalue weighted by Gasteiger charge is 2.28. The van der Waals surface area contributed by atoms with Crippen LogP contribution in [-0.4, -0.2) is 49.6 Å². The topological polar surface area (TPSA) is 63.7 Å². The number of nitrogens with zero attached hydrogens (tertiary/aromatic N) is 2. The summed E-state index contributed by atoms with van der Waals surface area (Å²) in [5, 5.41) is 2.98. The van der Waals surface area contributed by atoms with E-state index in [4.69, 9.17) is 9.47 Å². The maximum atomic E-state index is 13.6. The van der Waals surface area contributed by atoms with Gasteiger partial charge in [0.1, 0.15) is 23.5 Å². The number of anilines is 1. The van der Waals surface area contributed by atoms with Gasteiger partial charge >= 0.3 is 0 Å². The fraction of sp³-hybridized carbons (Fsp3) is 0.333. The number of carbonyl (C=O) groups excluding carboxylic acids is 1. The third kappa shape index (κ3) is 3.71. The Hall–Kier alpha value is -2.67. The Kier molecular flexibility index (Phi) is 5.14. The van der Waals surface area contributed by atoms with Crippen molar-refractivity contribution in [3.8, 4) is 5.75 Å². The molecule has 0 saturated carbocycles. The third-order valence-corrected chi connectivity index (χ3v) is 4.10. The van der Waals surface area contributed by atoms with Gasteiger partial charge in [-0.15, -0.1) is 0 Å². The van der Waals surface area contributed by atoms with Gasteiger partial charge in [0.15, 0.2) is 0 Å². The average molecular weight is 345 g/mol. The van der Waals surface area contributed by atoms with Crippen molar-refractivity contribution >= 4 is 11.7 Å². The molecule has 132 valence electrons. The number of pyridine rings is 1. The second kappa shape index (κ2) is 7.48. The summed E-state index contributed by atoms with van der Waals surface area (Å²) < 4.78 is 24.5. The fourth-order valence-electron chi connectivity index (χ4n) is 2.80. The summed E-state index contributed by atoms with van der Waals surface area (Å²) in [4.78, 5) is 18.9. The minimum Gasteiger partial charge on any atom is -0.496 e. The molecule has 0 unspecified atom stereocenters. The molecule has 0 spiro atoms. The Bertz CT molecular complexity index is 769. The summed E-state index contributed by atoms with van der Waals surface area (Å²) in [5.74, 6) is 0.327. The zero-order chi connectivity index (χ0) is 17.8. The molecule has 3 rings (SSSR count). The molecule has 1 aromatic carbocycles. The summed E-state index contributed by atoms with van der Waals surface area (Å²) in [6.07, 6.45) is -0.328. The highest BCUT2D eigenvalue weighted by molar-refractivity contribution is 5.97. The van der Waals surface area contributed by atoms with E-state index in [2.05, 4.69) is 10.3 Å². The van der Waals surface area contributed by atoms with Crippen LogP contribution in [0.2, 0.25) is 0 Å². The van der Waals surface area contributed by atoms with Gasteiger partial charge in [0.2, 0.25) is 0 Å². The molecule has 2 aromatic rings. The average Bonchev–Trinajstić information content (AvgIpc) is 2.67. The highest BCUT2D eigenvalue weighted by atomic mass is 19.1. The number of aromatic nitrogens is 1. The van der Waals surface area contributed by atoms with Gasteiger partial charge in [0, 0.05) is 13.6 Å². The number of hydrogen-bond acceptors (Lipinski definition) is 5. The van der Waals surface area contributed by atoms with Crippen molar-refractivity contribution in [3.63, 3.8) is 0 Å². The van der Waals surface area contributed by atoms with E-state index in [-0.39, 0.29) is 17.6 Å². The molecule has 1 amide bonds. The Morgan fingerprint density at radius 3 is 3.00 bits per heavy atom. The molecule has 1 N–H and O–H groups in total. The molecule has 1 fully saturated rings. The van der Waals surface area contributed by atoms with Gasteiger partial charge in [0.05, 0.1) is 31.5 Å². The van der Waals surface area contributed by atoms with Gasteiger partial charge in [-0.05, 0) is 30.3 Å². The van der Waals surface area contributed by atoms with Crippen molar-refractivity contribution in [1.29, 1.82) is 0 Å². The number of morpholine rings is 1. The quantitative estimate of drug-likeness (QED) is 0.922. The van der Waals surface area contributed by atoms with Crippen LogP contribution in [0, 0.1) is 5.82 Å². The maximum absolute atomic E-state index is 13.6. The standard InChI is InChI=1S/C18H20FN3O3/c1-20-17-5-3-4-14(21-17)16-11-22(8-9-25-16)18(23)13-10-12(19)6-7-15(13)24-2/h3-7,10,16H,8-9,11H2,1-2H3,(H,20,21)/t16-/m0/s1. The Morgan fingerprint density at radius 1 is 1.40 bits per heavy atom. The van der Waals surface area contributed by atoms with Gasteiger partial charge < -0.3 is 19.7 Å². The third-order valence-electron chi connectivity index (χ3n) is 4.10. The molecular weight excluding hydrogens is 325 g/mol. The molecule has 0 aliphatic carbocycles. The Balaban J connectivity index is 1.81. The Morgan fingerprint density at radius 2 is 2.24 bits per heavy atom. The number of rotatable bonds is 4. The first-order valence-corrected chi connectivity index (χ1v) is 8.01. The van der Waals surface area contributed by atoms with Crippen LogP contribution in [0.25, 0.3) is 0 Å². The minimum atomic E-state index is -0.475. The van der Waals surface area contributed by atoms with E-state index in [0.29, 0.717) is 25.4 Å². The molecule has 0 radical (unpaired) electrons. The molecule has 1 atom stereocenters. The summed E-state index contributed by atoms with van der Waals surface area (Å²) in [5.41, 5.74) is 0.954. The van der Waals surface area contributed by atoms with E-state index in [0.717, 1.165) is 11.5 Å². The van der Waals surface area contributed by atoms with Crippen molar-refractivity contribution in [3.05, 3.63) is 53.5 Å². The number of amides is 1. The van der Waals surface area contributed by atoms with Crippen LogP contribution in [-0.2, 0) is 4.74 Å². The van der Waals surface area contributed by atoms with Crippen LogP contribution in [0.15, 0.2) is 36.4 Å². The van der Waals surface area contributed by atoms with Gasteiger partial charge in [0.25, 0.3) is 5.91 Å². The SMILES string of the molecule is CNc1cccc([C@@H]2CN(C(=O)c3cc(F)ccc3OC)CCO2)n1. The molecule has 1 saturated heterocycles. The first-order chi connectivity index (χ1) is 12.1. The fourth-order valence-corrected chi connectivity index (χ4v) is 2.80. The molecule has 7 heteroatoms. The van der Waals surface area contributed by atoms with Gasteiger partial charge in [-0.25, -0.2) is 9.37 Å². The van der Waals surface area contributed by atoms with Crippen molar-refractivity contribution in [1.82, 2.24) is 9.88 Å².